The van der Waals surface area contributed by atoms with Gasteiger partial charge in [0.05, 0.1) is 12.6 Å². The molecule has 1 aromatic carbocycles. The molecule has 140 valence electrons. The summed E-state index contributed by atoms with van der Waals surface area (Å²) in [6.07, 6.45) is 3.14. The van der Waals surface area contributed by atoms with Crippen LogP contribution in [-0.2, 0) is 4.79 Å². The Labute approximate surface area is 151 Å². The fourth-order valence-corrected chi connectivity index (χ4v) is 3.56. The van der Waals surface area contributed by atoms with Gasteiger partial charge in [0.1, 0.15) is 5.75 Å². The number of carbonyl (C=O) groups excluding carboxylic acids is 1. The van der Waals surface area contributed by atoms with Crippen LogP contribution >= 0.6 is 0 Å². The number of hydrogen-bond acceptors (Lipinski definition) is 4. The number of piperidine rings is 1. The second-order valence-electron chi connectivity index (χ2n) is 7.03. The highest BCUT2D eigenvalue weighted by molar-refractivity contribution is 5.76. The molecule has 5 heteroatoms. The van der Waals surface area contributed by atoms with Crippen LogP contribution in [0, 0.1) is 5.92 Å². The Balaban J connectivity index is 1.84. The van der Waals surface area contributed by atoms with Crippen LogP contribution in [0.1, 0.15) is 51.2 Å². The molecule has 0 radical (unpaired) electrons. The first-order valence-electron chi connectivity index (χ1n) is 9.50. The van der Waals surface area contributed by atoms with E-state index in [1.165, 1.54) is 6.42 Å². The minimum atomic E-state index is -0.776. The maximum absolute atomic E-state index is 12.6. The molecular formula is C20H32N2O3. The quantitative estimate of drug-likeness (QED) is 0.758. The van der Waals surface area contributed by atoms with Crippen molar-refractivity contribution < 1.29 is 15.0 Å². The number of rotatable bonds is 8. The second kappa shape index (κ2) is 9.78. The topological polar surface area (TPSA) is 64.0 Å². The third-order valence-corrected chi connectivity index (χ3v) is 5.09. The van der Waals surface area contributed by atoms with Crippen molar-refractivity contribution in [3.8, 4) is 5.75 Å². The minimum absolute atomic E-state index is 0.121. The van der Waals surface area contributed by atoms with Crippen molar-refractivity contribution in [2.45, 2.75) is 45.6 Å². The van der Waals surface area contributed by atoms with Crippen LogP contribution in [0.15, 0.2) is 24.3 Å². The van der Waals surface area contributed by atoms with Crippen molar-refractivity contribution in [3.63, 3.8) is 0 Å². The number of benzene rings is 1. The molecule has 1 saturated heterocycles. The molecule has 0 aliphatic carbocycles. The van der Waals surface area contributed by atoms with Gasteiger partial charge in [-0.1, -0.05) is 19.1 Å². The number of nitrogens with zero attached hydrogens (tertiary/aromatic N) is 2. The molecule has 1 aromatic rings. The third kappa shape index (κ3) is 6.01. The van der Waals surface area contributed by atoms with E-state index in [9.17, 15) is 15.0 Å². The van der Waals surface area contributed by atoms with Gasteiger partial charge in [-0.15, -0.1) is 0 Å². The number of hydrogen-bond donors (Lipinski definition) is 2. The summed E-state index contributed by atoms with van der Waals surface area (Å²) >= 11 is 0. The summed E-state index contributed by atoms with van der Waals surface area (Å²) < 4.78 is 0. The SMILES string of the molecule is CCCN1CCC(CC(=O)N(CC)CC(O)c2cccc(O)c2)CC1. The molecule has 0 saturated carbocycles. The van der Waals surface area contributed by atoms with Crippen LogP contribution in [-0.4, -0.2) is 58.6 Å². The lowest BCUT2D eigenvalue weighted by atomic mass is 9.92. The van der Waals surface area contributed by atoms with Gasteiger partial charge in [-0.25, -0.2) is 0 Å². The number of aliphatic hydroxyl groups excluding tert-OH is 1. The number of phenolic OH excluding ortho intramolecular Hbond substituents is 1. The molecule has 1 unspecified atom stereocenters. The lowest BCUT2D eigenvalue weighted by Gasteiger charge is -2.33. The molecule has 25 heavy (non-hydrogen) atoms. The minimum Gasteiger partial charge on any atom is -0.508 e. The van der Waals surface area contributed by atoms with Crippen LogP contribution in [0.3, 0.4) is 0 Å². The largest absolute Gasteiger partial charge is 0.508 e. The summed E-state index contributed by atoms with van der Waals surface area (Å²) in [5.41, 5.74) is 0.638. The molecule has 1 amide bonds. The lowest BCUT2D eigenvalue weighted by molar-refractivity contribution is -0.133. The summed E-state index contributed by atoms with van der Waals surface area (Å²) in [4.78, 5) is 16.8. The van der Waals surface area contributed by atoms with Crippen molar-refractivity contribution in [2.24, 2.45) is 5.92 Å². The van der Waals surface area contributed by atoms with Gasteiger partial charge in [-0.2, -0.15) is 0 Å². The summed E-state index contributed by atoms with van der Waals surface area (Å²) in [5, 5.41) is 19.9. The molecule has 1 atom stereocenters. The number of aromatic hydroxyl groups is 1. The highest BCUT2D eigenvalue weighted by Gasteiger charge is 2.24. The number of amides is 1. The van der Waals surface area contributed by atoms with E-state index in [0.29, 0.717) is 24.4 Å². The van der Waals surface area contributed by atoms with Gasteiger partial charge in [-0.3, -0.25) is 4.79 Å². The Morgan fingerprint density at radius 3 is 2.64 bits per heavy atom. The molecule has 0 spiro atoms. The normalized spacial score (nSPS) is 17.4. The molecule has 1 aliphatic heterocycles. The fraction of sp³-hybridized carbons (Fsp3) is 0.650. The van der Waals surface area contributed by atoms with Gasteiger partial charge in [0.15, 0.2) is 0 Å². The molecule has 0 aromatic heterocycles. The predicted molar refractivity (Wildman–Crippen MR) is 99.4 cm³/mol. The van der Waals surface area contributed by atoms with Gasteiger partial charge in [-0.05, 0) is 69.4 Å². The average molecular weight is 348 g/mol. The zero-order chi connectivity index (χ0) is 18.2. The number of aliphatic hydroxyl groups is 1. The maximum Gasteiger partial charge on any atom is 0.222 e. The fourth-order valence-electron chi connectivity index (χ4n) is 3.56. The van der Waals surface area contributed by atoms with E-state index < -0.39 is 6.10 Å². The van der Waals surface area contributed by atoms with E-state index in [4.69, 9.17) is 0 Å². The van der Waals surface area contributed by atoms with Crippen molar-refractivity contribution in [3.05, 3.63) is 29.8 Å². The summed E-state index contributed by atoms with van der Waals surface area (Å²) in [7, 11) is 0. The third-order valence-electron chi connectivity index (χ3n) is 5.09. The molecule has 0 bridgehead atoms. The molecule has 5 nitrogen and oxygen atoms in total. The maximum atomic E-state index is 12.6. The number of likely N-dealkylation sites (tertiary alicyclic amines) is 1. The Bertz CT molecular complexity index is 541. The van der Waals surface area contributed by atoms with Crippen LogP contribution in [0.5, 0.6) is 5.75 Å². The van der Waals surface area contributed by atoms with Gasteiger partial charge >= 0.3 is 0 Å². The first-order chi connectivity index (χ1) is 12.0. The number of carbonyl (C=O) groups is 1. The van der Waals surface area contributed by atoms with E-state index in [2.05, 4.69) is 11.8 Å². The number of phenols is 1. The Morgan fingerprint density at radius 2 is 2.04 bits per heavy atom. The first-order valence-corrected chi connectivity index (χ1v) is 9.50. The van der Waals surface area contributed by atoms with Crippen LogP contribution in [0.25, 0.3) is 0 Å². The van der Waals surface area contributed by atoms with Gasteiger partial charge in [0, 0.05) is 13.0 Å². The Kier molecular flexibility index (Phi) is 7.72. The molecule has 1 heterocycles. The lowest BCUT2D eigenvalue weighted by Crippen LogP contribution is -2.39. The van der Waals surface area contributed by atoms with Crippen LogP contribution in [0.2, 0.25) is 0 Å². The first kappa shape index (κ1) is 19.7. The van der Waals surface area contributed by atoms with E-state index in [1.54, 1.807) is 29.2 Å². The second-order valence-corrected chi connectivity index (χ2v) is 7.03. The van der Waals surface area contributed by atoms with Crippen molar-refractivity contribution in [1.82, 2.24) is 9.80 Å². The number of likely N-dealkylation sites (N-methyl/N-ethyl adjacent to an activating group) is 1. The molecule has 2 rings (SSSR count). The zero-order valence-corrected chi connectivity index (χ0v) is 15.5. The Hall–Kier alpha value is -1.59. The van der Waals surface area contributed by atoms with Crippen LogP contribution in [0.4, 0.5) is 0 Å². The van der Waals surface area contributed by atoms with Gasteiger partial charge in [0.2, 0.25) is 5.91 Å². The summed E-state index contributed by atoms with van der Waals surface area (Å²) in [5.74, 6) is 0.702. The highest BCUT2D eigenvalue weighted by atomic mass is 16.3. The molecule has 2 N–H and O–H groups in total. The summed E-state index contributed by atoms with van der Waals surface area (Å²) in [6, 6.07) is 6.60. The average Bonchev–Trinajstić information content (AvgIpc) is 2.61. The standard InChI is InChI=1S/C20H32N2O3/c1-3-10-21-11-8-16(9-12-21)13-20(25)22(4-2)15-19(24)17-6-5-7-18(23)14-17/h5-7,14,16,19,23-24H,3-4,8-13,15H2,1-2H3. The van der Waals surface area contributed by atoms with Crippen molar-refractivity contribution in [1.29, 1.82) is 0 Å². The Morgan fingerprint density at radius 1 is 1.32 bits per heavy atom. The van der Waals surface area contributed by atoms with E-state index in [1.807, 2.05) is 6.92 Å². The van der Waals surface area contributed by atoms with E-state index in [-0.39, 0.29) is 18.2 Å². The molecular weight excluding hydrogens is 316 g/mol. The van der Waals surface area contributed by atoms with Crippen LogP contribution < -0.4 is 0 Å². The van der Waals surface area contributed by atoms with Gasteiger partial charge < -0.3 is 20.0 Å². The zero-order valence-electron chi connectivity index (χ0n) is 15.5. The summed E-state index contributed by atoms with van der Waals surface area (Å²) in [6.45, 7) is 8.33. The van der Waals surface area contributed by atoms with E-state index >= 15 is 0 Å². The van der Waals surface area contributed by atoms with E-state index in [0.717, 1.165) is 32.5 Å². The predicted octanol–water partition coefficient (Wildman–Crippen LogP) is 2.79. The van der Waals surface area contributed by atoms with Crippen molar-refractivity contribution >= 4 is 5.91 Å². The molecule has 1 aliphatic rings. The van der Waals surface area contributed by atoms with Crippen molar-refractivity contribution in [2.75, 3.05) is 32.7 Å². The monoisotopic (exact) mass is 348 g/mol. The smallest absolute Gasteiger partial charge is 0.222 e. The molecule has 1 fully saturated rings. The van der Waals surface area contributed by atoms with Gasteiger partial charge in [0.25, 0.3) is 0 Å². The highest BCUT2D eigenvalue weighted by Crippen LogP contribution is 2.23.